The molecule has 2 atom stereocenters. The van der Waals surface area contributed by atoms with E-state index in [0.717, 1.165) is 17.7 Å². The Bertz CT molecular complexity index is 472. The quantitative estimate of drug-likeness (QED) is 0.748. The van der Waals surface area contributed by atoms with Gasteiger partial charge in [-0.3, -0.25) is 0 Å². The zero-order valence-electron chi connectivity index (χ0n) is 12.2. The molecule has 0 saturated carbocycles. The van der Waals surface area contributed by atoms with Gasteiger partial charge in [0, 0.05) is 5.92 Å². The Hall–Kier alpha value is -2.01. The fourth-order valence-electron chi connectivity index (χ4n) is 2.27. The molecule has 0 bridgehead atoms. The second-order valence-corrected chi connectivity index (χ2v) is 5.00. The molecule has 0 radical (unpaired) electrons. The topological polar surface area (TPSA) is 56.8 Å². The smallest absolute Gasteiger partial charge is 0.407 e. The van der Waals surface area contributed by atoms with Crippen molar-refractivity contribution in [2.24, 2.45) is 5.92 Å². The molecule has 114 valence electrons. The maximum Gasteiger partial charge on any atom is 0.407 e. The lowest BCUT2D eigenvalue weighted by atomic mass is 9.98. The standard InChI is InChI=1S/C16H21NO4/c1-3-4-13(15-11-21-16(18)17-15)10-20-9-12-5-7-14(19-2)8-6-12/h3,5-8,13,15H,1,4,9-11H2,2H3,(H,17,18)/t13-,15+/m0/s1. The zero-order valence-corrected chi connectivity index (χ0v) is 12.2. The summed E-state index contributed by atoms with van der Waals surface area (Å²) >= 11 is 0. The van der Waals surface area contributed by atoms with E-state index in [4.69, 9.17) is 14.2 Å². The molecule has 1 aromatic rings. The number of carbonyl (C=O) groups excluding carboxylic acids is 1. The number of amides is 1. The van der Waals surface area contributed by atoms with E-state index in [9.17, 15) is 4.79 Å². The molecule has 1 aromatic carbocycles. The molecule has 5 heteroatoms. The number of hydrogen-bond donors (Lipinski definition) is 1. The number of nitrogens with one attached hydrogen (secondary N) is 1. The van der Waals surface area contributed by atoms with Crippen LogP contribution in [0.2, 0.25) is 0 Å². The Balaban J connectivity index is 1.80. The molecule has 2 rings (SSSR count). The summed E-state index contributed by atoms with van der Waals surface area (Å²) in [5, 5.41) is 2.80. The third-order valence-corrected chi connectivity index (χ3v) is 3.50. The molecule has 1 fully saturated rings. The Morgan fingerprint density at radius 1 is 1.48 bits per heavy atom. The van der Waals surface area contributed by atoms with Gasteiger partial charge in [-0.2, -0.15) is 0 Å². The molecule has 0 spiro atoms. The maximum atomic E-state index is 11.1. The molecule has 1 saturated heterocycles. The number of hydrogen-bond acceptors (Lipinski definition) is 4. The fraction of sp³-hybridized carbons (Fsp3) is 0.438. The maximum absolute atomic E-state index is 11.1. The lowest BCUT2D eigenvalue weighted by Crippen LogP contribution is -2.36. The van der Waals surface area contributed by atoms with Crippen LogP contribution in [0.5, 0.6) is 5.75 Å². The molecular formula is C16H21NO4. The van der Waals surface area contributed by atoms with Gasteiger partial charge < -0.3 is 19.5 Å². The van der Waals surface area contributed by atoms with E-state index < -0.39 is 0 Å². The Morgan fingerprint density at radius 3 is 2.81 bits per heavy atom. The second kappa shape index (κ2) is 7.69. The Labute approximate surface area is 124 Å². The molecule has 1 aliphatic heterocycles. The van der Waals surface area contributed by atoms with Crippen molar-refractivity contribution >= 4 is 6.09 Å². The molecule has 21 heavy (non-hydrogen) atoms. The van der Waals surface area contributed by atoms with E-state index >= 15 is 0 Å². The molecule has 0 aliphatic carbocycles. The second-order valence-electron chi connectivity index (χ2n) is 5.00. The number of alkyl carbamates (subject to hydrolysis) is 1. The summed E-state index contributed by atoms with van der Waals surface area (Å²) in [5.41, 5.74) is 1.08. The van der Waals surface area contributed by atoms with Gasteiger partial charge in [-0.25, -0.2) is 4.79 Å². The van der Waals surface area contributed by atoms with Crippen molar-refractivity contribution < 1.29 is 19.0 Å². The van der Waals surface area contributed by atoms with E-state index in [-0.39, 0.29) is 18.1 Å². The highest BCUT2D eigenvalue weighted by Gasteiger charge is 2.29. The summed E-state index contributed by atoms with van der Waals surface area (Å²) < 4.78 is 15.8. The SMILES string of the molecule is C=CC[C@@H](COCc1ccc(OC)cc1)[C@H]1COC(=O)N1. The highest BCUT2D eigenvalue weighted by molar-refractivity contribution is 5.69. The Kier molecular flexibility index (Phi) is 5.63. The first kappa shape index (κ1) is 15.4. The predicted octanol–water partition coefficient (Wildman–Crippen LogP) is 2.51. The monoisotopic (exact) mass is 291 g/mol. The lowest BCUT2D eigenvalue weighted by molar-refractivity contribution is 0.0742. The molecular weight excluding hydrogens is 270 g/mol. The third kappa shape index (κ3) is 4.49. The summed E-state index contributed by atoms with van der Waals surface area (Å²) in [7, 11) is 1.64. The number of carbonyl (C=O) groups is 1. The van der Waals surface area contributed by atoms with Gasteiger partial charge in [0.2, 0.25) is 0 Å². The summed E-state index contributed by atoms with van der Waals surface area (Å²) in [4.78, 5) is 11.1. The van der Waals surface area contributed by atoms with Crippen LogP contribution in [0.25, 0.3) is 0 Å². The minimum absolute atomic E-state index is 0.00799. The number of methoxy groups -OCH3 is 1. The van der Waals surface area contributed by atoms with Crippen LogP contribution in [0.1, 0.15) is 12.0 Å². The van der Waals surface area contributed by atoms with Crippen molar-refractivity contribution in [2.75, 3.05) is 20.3 Å². The highest BCUT2D eigenvalue weighted by Crippen LogP contribution is 2.17. The first-order chi connectivity index (χ1) is 10.2. The van der Waals surface area contributed by atoms with Gasteiger partial charge in [-0.15, -0.1) is 6.58 Å². The fourth-order valence-corrected chi connectivity index (χ4v) is 2.27. The minimum Gasteiger partial charge on any atom is -0.497 e. The molecule has 0 aromatic heterocycles. The van der Waals surface area contributed by atoms with Gasteiger partial charge >= 0.3 is 6.09 Å². The van der Waals surface area contributed by atoms with Crippen LogP contribution in [-0.4, -0.2) is 32.5 Å². The van der Waals surface area contributed by atoms with Crippen LogP contribution in [0.15, 0.2) is 36.9 Å². The lowest BCUT2D eigenvalue weighted by Gasteiger charge is -2.20. The number of cyclic esters (lactones) is 1. The van der Waals surface area contributed by atoms with Gasteiger partial charge in [-0.05, 0) is 24.1 Å². The molecule has 1 amide bonds. The van der Waals surface area contributed by atoms with Crippen molar-refractivity contribution in [3.05, 3.63) is 42.5 Å². The zero-order chi connectivity index (χ0) is 15.1. The van der Waals surface area contributed by atoms with Crippen molar-refractivity contribution in [3.8, 4) is 5.75 Å². The summed E-state index contributed by atoms with van der Waals surface area (Å²) in [6.07, 6.45) is 2.26. The number of benzene rings is 1. The number of ether oxygens (including phenoxy) is 3. The van der Waals surface area contributed by atoms with Gasteiger partial charge in [0.15, 0.2) is 0 Å². The molecule has 1 heterocycles. The first-order valence-corrected chi connectivity index (χ1v) is 6.97. The van der Waals surface area contributed by atoms with Crippen LogP contribution in [0.4, 0.5) is 4.79 Å². The highest BCUT2D eigenvalue weighted by atomic mass is 16.6. The van der Waals surface area contributed by atoms with Crippen LogP contribution in [0, 0.1) is 5.92 Å². The molecule has 5 nitrogen and oxygen atoms in total. The van der Waals surface area contributed by atoms with Gasteiger partial charge in [0.1, 0.15) is 12.4 Å². The predicted molar refractivity (Wildman–Crippen MR) is 79.2 cm³/mol. The number of allylic oxidation sites excluding steroid dienone is 1. The van der Waals surface area contributed by atoms with Crippen molar-refractivity contribution in [1.29, 1.82) is 0 Å². The van der Waals surface area contributed by atoms with E-state index in [1.807, 2.05) is 30.3 Å². The molecule has 1 N–H and O–H groups in total. The minimum atomic E-state index is -0.357. The van der Waals surface area contributed by atoms with Crippen molar-refractivity contribution in [3.63, 3.8) is 0 Å². The van der Waals surface area contributed by atoms with Crippen molar-refractivity contribution in [1.82, 2.24) is 5.32 Å². The number of rotatable bonds is 8. The Morgan fingerprint density at radius 2 is 2.24 bits per heavy atom. The summed E-state index contributed by atoms with van der Waals surface area (Å²) in [6, 6.07) is 7.76. The average Bonchev–Trinajstić information content (AvgIpc) is 2.93. The first-order valence-electron chi connectivity index (χ1n) is 6.97. The van der Waals surface area contributed by atoms with Crippen molar-refractivity contribution in [2.45, 2.75) is 19.1 Å². The summed E-state index contributed by atoms with van der Waals surface area (Å²) in [5.74, 6) is 1.00. The third-order valence-electron chi connectivity index (χ3n) is 3.50. The van der Waals surface area contributed by atoms with Gasteiger partial charge in [-0.1, -0.05) is 18.2 Å². The van der Waals surface area contributed by atoms with Crippen LogP contribution < -0.4 is 10.1 Å². The van der Waals surface area contributed by atoms with E-state index in [1.54, 1.807) is 7.11 Å². The van der Waals surface area contributed by atoms with Crippen LogP contribution >= 0.6 is 0 Å². The van der Waals surface area contributed by atoms with Crippen LogP contribution in [-0.2, 0) is 16.1 Å². The van der Waals surface area contributed by atoms with Gasteiger partial charge in [0.05, 0.1) is 26.4 Å². The molecule has 0 unspecified atom stereocenters. The van der Waals surface area contributed by atoms with E-state index in [1.165, 1.54) is 0 Å². The van der Waals surface area contributed by atoms with E-state index in [2.05, 4.69) is 11.9 Å². The largest absolute Gasteiger partial charge is 0.497 e. The van der Waals surface area contributed by atoms with Gasteiger partial charge in [0.25, 0.3) is 0 Å². The average molecular weight is 291 g/mol. The summed E-state index contributed by atoms with van der Waals surface area (Å²) in [6.45, 7) is 5.22. The van der Waals surface area contributed by atoms with Crippen LogP contribution in [0.3, 0.4) is 0 Å². The normalized spacial score (nSPS) is 18.7. The molecule has 1 aliphatic rings. The van der Waals surface area contributed by atoms with E-state index in [0.29, 0.717) is 19.8 Å².